The van der Waals surface area contributed by atoms with E-state index in [4.69, 9.17) is 0 Å². The molecule has 2 rings (SSSR count). The van der Waals surface area contributed by atoms with E-state index in [9.17, 15) is 9.59 Å². The maximum Gasteiger partial charge on any atom is 0.237 e. The zero-order valence-corrected chi connectivity index (χ0v) is 10.0. The predicted molar refractivity (Wildman–Crippen MR) is 61.7 cm³/mol. The Morgan fingerprint density at radius 1 is 1.50 bits per heavy atom. The fraction of sp³-hybridized carbons (Fsp3) is 0.400. The molecule has 0 bridgehead atoms. The second-order valence-corrected chi connectivity index (χ2v) is 4.74. The van der Waals surface area contributed by atoms with Crippen molar-refractivity contribution in [3.8, 4) is 0 Å². The molecule has 0 spiro atoms. The number of hydrogen-bond donors (Lipinski definition) is 0. The second kappa shape index (κ2) is 4.21. The Bertz CT molecular complexity index is 390. The molecule has 2 aliphatic heterocycles. The van der Waals surface area contributed by atoms with Crippen LogP contribution in [0.5, 0.6) is 0 Å². The summed E-state index contributed by atoms with van der Waals surface area (Å²) in [6, 6.07) is 0. The molecule has 0 N–H and O–H groups in total. The minimum Gasteiger partial charge on any atom is -0.348 e. The van der Waals surface area contributed by atoms with E-state index in [1.54, 1.807) is 37.0 Å². The van der Waals surface area contributed by atoms with Gasteiger partial charge in [-0.1, -0.05) is 11.8 Å². The first kappa shape index (κ1) is 11.1. The molecular formula is C10H13N3O2S. The molecule has 0 aromatic rings. The Balaban J connectivity index is 1.93. The van der Waals surface area contributed by atoms with Crippen molar-refractivity contribution in [3.63, 3.8) is 0 Å². The summed E-state index contributed by atoms with van der Waals surface area (Å²) in [5.74, 6) is -0.326. The van der Waals surface area contributed by atoms with Crippen LogP contribution in [0, 0.1) is 0 Å². The summed E-state index contributed by atoms with van der Waals surface area (Å²) >= 11 is 1.58. The molecular weight excluding hydrogens is 226 g/mol. The lowest BCUT2D eigenvalue weighted by atomic mass is 10.3. The molecule has 0 saturated carbocycles. The minimum absolute atomic E-state index is 0.0704. The average molecular weight is 239 g/mol. The van der Waals surface area contributed by atoms with Crippen molar-refractivity contribution in [2.45, 2.75) is 6.42 Å². The molecule has 0 saturated heterocycles. The van der Waals surface area contributed by atoms with Crippen LogP contribution in [0.25, 0.3) is 0 Å². The SMILES string of the molecule is CN(C)C(=O)CC(=O)N1C=C2SC=CN2C1. The van der Waals surface area contributed by atoms with E-state index >= 15 is 0 Å². The van der Waals surface area contributed by atoms with Crippen LogP contribution in [0.1, 0.15) is 6.42 Å². The van der Waals surface area contributed by atoms with Crippen molar-refractivity contribution < 1.29 is 9.59 Å². The first-order valence-corrected chi connectivity index (χ1v) is 5.77. The van der Waals surface area contributed by atoms with Gasteiger partial charge < -0.3 is 9.80 Å². The van der Waals surface area contributed by atoms with Gasteiger partial charge >= 0.3 is 0 Å². The summed E-state index contributed by atoms with van der Waals surface area (Å²) in [6.07, 6.45) is 3.65. The first-order valence-electron chi connectivity index (χ1n) is 4.89. The number of nitrogens with zero attached hydrogens (tertiary/aromatic N) is 3. The highest BCUT2D eigenvalue weighted by Crippen LogP contribution is 2.33. The summed E-state index contributed by atoms with van der Waals surface area (Å²) in [5, 5.41) is 3.00. The molecule has 2 heterocycles. The van der Waals surface area contributed by atoms with Gasteiger partial charge in [0.2, 0.25) is 11.8 Å². The normalized spacial score (nSPS) is 17.5. The summed E-state index contributed by atoms with van der Waals surface area (Å²) in [5.41, 5.74) is 0. The topological polar surface area (TPSA) is 43.9 Å². The zero-order valence-electron chi connectivity index (χ0n) is 9.21. The quantitative estimate of drug-likeness (QED) is 0.661. The van der Waals surface area contributed by atoms with Gasteiger partial charge in [0.25, 0.3) is 0 Å². The summed E-state index contributed by atoms with van der Waals surface area (Å²) in [4.78, 5) is 28.1. The number of carbonyl (C=O) groups excluding carboxylic acids is 2. The van der Waals surface area contributed by atoms with E-state index in [-0.39, 0.29) is 18.2 Å². The van der Waals surface area contributed by atoms with Gasteiger partial charge in [0.05, 0.1) is 5.03 Å². The van der Waals surface area contributed by atoms with Gasteiger partial charge in [0.1, 0.15) is 13.1 Å². The van der Waals surface area contributed by atoms with Gasteiger partial charge in [0.15, 0.2) is 0 Å². The second-order valence-electron chi connectivity index (χ2n) is 3.81. The number of carbonyl (C=O) groups is 2. The Labute approximate surface area is 98.4 Å². The van der Waals surface area contributed by atoms with Crippen LogP contribution < -0.4 is 0 Å². The van der Waals surface area contributed by atoms with E-state index in [1.807, 2.05) is 16.5 Å². The lowest BCUT2D eigenvalue weighted by Crippen LogP contribution is -2.33. The van der Waals surface area contributed by atoms with Crippen molar-refractivity contribution in [2.75, 3.05) is 20.8 Å². The van der Waals surface area contributed by atoms with Crippen LogP contribution in [0.4, 0.5) is 0 Å². The van der Waals surface area contributed by atoms with Gasteiger partial charge in [-0.15, -0.1) is 0 Å². The van der Waals surface area contributed by atoms with Crippen LogP contribution in [0.3, 0.4) is 0 Å². The molecule has 2 aliphatic rings. The fourth-order valence-corrected chi connectivity index (χ4v) is 2.20. The lowest BCUT2D eigenvalue weighted by Gasteiger charge is -2.17. The average Bonchev–Trinajstić information content (AvgIpc) is 2.75. The molecule has 0 radical (unpaired) electrons. The van der Waals surface area contributed by atoms with Gasteiger partial charge in [-0.25, -0.2) is 0 Å². The van der Waals surface area contributed by atoms with Crippen LogP contribution in [0.2, 0.25) is 0 Å². The molecule has 0 aromatic heterocycles. The number of rotatable bonds is 2. The number of hydrogen-bond acceptors (Lipinski definition) is 4. The molecule has 86 valence electrons. The molecule has 0 aliphatic carbocycles. The Morgan fingerprint density at radius 3 is 2.88 bits per heavy atom. The third kappa shape index (κ3) is 2.06. The van der Waals surface area contributed by atoms with Crippen molar-refractivity contribution in [1.82, 2.24) is 14.7 Å². The standard InChI is InChI=1S/C10H13N3O2S/c1-11(2)8(14)5-9(15)13-6-10-12(7-13)3-4-16-10/h3-4,6H,5,7H2,1-2H3. The van der Waals surface area contributed by atoms with Crippen molar-refractivity contribution in [1.29, 1.82) is 0 Å². The molecule has 2 amide bonds. The van der Waals surface area contributed by atoms with Gasteiger partial charge in [-0.2, -0.15) is 0 Å². The van der Waals surface area contributed by atoms with E-state index in [1.165, 1.54) is 4.90 Å². The molecule has 0 fully saturated rings. The van der Waals surface area contributed by atoms with Gasteiger partial charge in [-0.05, 0) is 5.41 Å². The third-order valence-corrected chi connectivity index (χ3v) is 3.24. The molecule has 5 nitrogen and oxygen atoms in total. The molecule has 16 heavy (non-hydrogen) atoms. The van der Waals surface area contributed by atoms with Crippen LogP contribution >= 0.6 is 11.8 Å². The number of amides is 2. The highest BCUT2D eigenvalue weighted by molar-refractivity contribution is 8.06. The maximum atomic E-state index is 11.8. The van der Waals surface area contributed by atoms with E-state index < -0.39 is 0 Å². The zero-order chi connectivity index (χ0) is 11.7. The van der Waals surface area contributed by atoms with Crippen molar-refractivity contribution in [2.24, 2.45) is 0 Å². The van der Waals surface area contributed by atoms with Crippen LogP contribution in [-0.4, -0.2) is 47.3 Å². The molecule has 0 unspecified atom stereocenters. The minimum atomic E-state index is -0.168. The highest BCUT2D eigenvalue weighted by atomic mass is 32.2. The smallest absolute Gasteiger partial charge is 0.237 e. The number of thioether (sulfide) groups is 1. The monoisotopic (exact) mass is 239 g/mol. The van der Waals surface area contributed by atoms with Crippen LogP contribution in [0.15, 0.2) is 22.8 Å². The van der Waals surface area contributed by atoms with Gasteiger partial charge in [0, 0.05) is 26.5 Å². The molecule has 6 heteroatoms. The van der Waals surface area contributed by atoms with E-state index in [0.717, 1.165) is 5.03 Å². The molecule has 0 atom stereocenters. The fourth-order valence-electron chi connectivity index (χ4n) is 1.41. The first-order chi connectivity index (χ1) is 7.58. The number of fused-ring (bicyclic) bond motifs is 1. The van der Waals surface area contributed by atoms with Crippen molar-refractivity contribution in [3.05, 3.63) is 22.8 Å². The van der Waals surface area contributed by atoms with E-state index in [2.05, 4.69) is 0 Å². The Morgan fingerprint density at radius 2 is 2.25 bits per heavy atom. The predicted octanol–water partition coefficient (Wildman–Crippen LogP) is 0.583. The third-order valence-electron chi connectivity index (χ3n) is 2.41. The summed E-state index contributed by atoms with van der Waals surface area (Å²) in [7, 11) is 3.30. The summed E-state index contributed by atoms with van der Waals surface area (Å²) in [6.45, 7) is 0.512. The molecule has 0 aromatic carbocycles. The van der Waals surface area contributed by atoms with Gasteiger partial charge in [-0.3, -0.25) is 14.5 Å². The highest BCUT2D eigenvalue weighted by Gasteiger charge is 2.27. The van der Waals surface area contributed by atoms with Crippen LogP contribution in [-0.2, 0) is 9.59 Å². The van der Waals surface area contributed by atoms with Crippen molar-refractivity contribution >= 4 is 23.6 Å². The lowest BCUT2D eigenvalue weighted by molar-refractivity contribution is -0.138. The maximum absolute atomic E-state index is 11.8. The van der Waals surface area contributed by atoms with E-state index in [0.29, 0.717) is 6.67 Å². The Hall–Kier alpha value is -1.43. The largest absolute Gasteiger partial charge is 0.348 e. The Kier molecular flexibility index (Phi) is 2.91. The summed E-state index contributed by atoms with van der Waals surface area (Å²) < 4.78 is 0.